The molecule has 0 aliphatic heterocycles. The van der Waals surface area contributed by atoms with Gasteiger partial charge in [-0.1, -0.05) is 54.5 Å². The number of aryl methyl sites for hydroxylation is 2. The van der Waals surface area contributed by atoms with Crippen LogP contribution in [0.1, 0.15) is 35.0 Å². The summed E-state index contributed by atoms with van der Waals surface area (Å²) in [6.07, 6.45) is 2.85. The molecule has 0 spiro atoms. The lowest BCUT2D eigenvalue weighted by Gasteiger charge is -2.10. The van der Waals surface area contributed by atoms with Crippen LogP contribution in [-0.2, 0) is 17.9 Å². The van der Waals surface area contributed by atoms with E-state index in [1.54, 1.807) is 6.21 Å². The Morgan fingerprint density at radius 3 is 2.36 bits per heavy atom. The SMILES string of the molecule is CCc1ccc(-n2c(C)cc(/C=N/OCc3ccccc3)c2C)cc1. The van der Waals surface area contributed by atoms with Crippen LogP contribution in [-0.4, -0.2) is 10.8 Å². The first-order valence-corrected chi connectivity index (χ1v) is 8.66. The maximum Gasteiger partial charge on any atom is 0.142 e. The Kier molecular flexibility index (Phi) is 5.34. The standard InChI is InChI=1S/C22H24N2O/c1-4-19-10-12-22(13-11-19)24-17(2)14-21(18(24)3)15-23-25-16-20-8-6-5-7-9-20/h5-15H,4,16H2,1-3H3/b23-15+. The van der Waals surface area contributed by atoms with E-state index in [0.29, 0.717) is 6.61 Å². The normalized spacial score (nSPS) is 11.2. The van der Waals surface area contributed by atoms with E-state index in [1.165, 1.54) is 16.9 Å². The number of oxime groups is 1. The molecule has 3 nitrogen and oxygen atoms in total. The Hall–Kier alpha value is -2.81. The molecule has 3 aromatic rings. The maximum absolute atomic E-state index is 5.42. The molecule has 0 bridgehead atoms. The Morgan fingerprint density at radius 1 is 0.960 bits per heavy atom. The first kappa shape index (κ1) is 17.0. The third-order valence-corrected chi connectivity index (χ3v) is 4.41. The van der Waals surface area contributed by atoms with E-state index in [0.717, 1.165) is 23.2 Å². The molecular formula is C22H24N2O. The molecule has 2 aromatic carbocycles. The molecule has 128 valence electrons. The van der Waals surface area contributed by atoms with Crippen molar-refractivity contribution in [3.63, 3.8) is 0 Å². The van der Waals surface area contributed by atoms with Gasteiger partial charge in [-0.05, 0) is 49.6 Å². The zero-order chi connectivity index (χ0) is 17.6. The lowest BCUT2D eigenvalue weighted by Crippen LogP contribution is -1.99. The zero-order valence-corrected chi connectivity index (χ0v) is 15.1. The summed E-state index contributed by atoms with van der Waals surface area (Å²) in [4.78, 5) is 5.42. The van der Waals surface area contributed by atoms with E-state index < -0.39 is 0 Å². The van der Waals surface area contributed by atoms with Crippen molar-refractivity contribution in [2.45, 2.75) is 33.8 Å². The number of nitrogens with zero attached hydrogens (tertiary/aromatic N) is 2. The summed E-state index contributed by atoms with van der Waals surface area (Å²) < 4.78 is 2.25. The minimum atomic E-state index is 0.481. The highest BCUT2D eigenvalue weighted by Gasteiger charge is 2.09. The van der Waals surface area contributed by atoms with Gasteiger partial charge in [0.25, 0.3) is 0 Å². The second-order valence-corrected chi connectivity index (χ2v) is 6.18. The van der Waals surface area contributed by atoms with Crippen molar-refractivity contribution in [1.29, 1.82) is 0 Å². The summed E-state index contributed by atoms with van der Waals surface area (Å²) in [7, 11) is 0. The molecule has 0 radical (unpaired) electrons. The van der Waals surface area contributed by atoms with E-state index in [9.17, 15) is 0 Å². The van der Waals surface area contributed by atoms with Gasteiger partial charge in [0.2, 0.25) is 0 Å². The predicted octanol–water partition coefficient (Wildman–Crippen LogP) is 5.21. The molecule has 0 unspecified atom stereocenters. The molecule has 0 aliphatic rings. The monoisotopic (exact) mass is 332 g/mol. The summed E-state index contributed by atoms with van der Waals surface area (Å²) in [5.41, 5.74) is 7.06. The van der Waals surface area contributed by atoms with Crippen LogP contribution in [0.4, 0.5) is 0 Å². The minimum absolute atomic E-state index is 0.481. The van der Waals surface area contributed by atoms with E-state index in [4.69, 9.17) is 4.84 Å². The number of benzene rings is 2. The molecule has 0 saturated carbocycles. The lowest BCUT2D eigenvalue weighted by molar-refractivity contribution is 0.132. The third kappa shape index (κ3) is 4.00. The van der Waals surface area contributed by atoms with Crippen molar-refractivity contribution >= 4 is 6.21 Å². The van der Waals surface area contributed by atoms with E-state index >= 15 is 0 Å². The number of rotatable bonds is 6. The van der Waals surface area contributed by atoms with Crippen LogP contribution in [0.3, 0.4) is 0 Å². The Balaban J connectivity index is 1.73. The van der Waals surface area contributed by atoms with Gasteiger partial charge in [-0.15, -0.1) is 0 Å². The molecular weight excluding hydrogens is 308 g/mol. The summed E-state index contributed by atoms with van der Waals surface area (Å²) >= 11 is 0. The molecule has 0 atom stereocenters. The van der Waals surface area contributed by atoms with Crippen molar-refractivity contribution in [3.8, 4) is 5.69 Å². The van der Waals surface area contributed by atoms with E-state index in [-0.39, 0.29) is 0 Å². The molecule has 0 fully saturated rings. The average Bonchev–Trinajstić information content (AvgIpc) is 2.93. The van der Waals surface area contributed by atoms with Gasteiger partial charge in [-0.3, -0.25) is 0 Å². The zero-order valence-electron chi connectivity index (χ0n) is 15.1. The highest BCUT2D eigenvalue weighted by Crippen LogP contribution is 2.20. The molecule has 0 N–H and O–H groups in total. The lowest BCUT2D eigenvalue weighted by atomic mass is 10.1. The number of aromatic nitrogens is 1. The average molecular weight is 332 g/mol. The third-order valence-electron chi connectivity index (χ3n) is 4.41. The summed E-state index contributed by atoms with van der Waals surface area (Å²) in [6.45, 7) is 6.88. The van der Waals surface area contributed by atoms with Gasteiger partial charge in [-0.2, -0.15) is 0 Å². The maximum atomic E-state index is 5.42. The largest absolute Gasteiger partial charge is 0.391 e. The minimum Gasteiger partial charge on any atom is -0.391 e. The van der Waals surface area contributed by atoms with Crippen molar-refractivity contribution in [1.82, 2.24) is 4.57 Å². The summed E-state index contributed by atoms with van der Waals surface area (Å²) in [6, 6.07) is 20.9. The van der Waals surface area contributed by atoms with Crippen LogP contribution in [0, 0.1) is 13.8 Å². The van der Waals surface area contributed by atoms with Gasteiger partial charge in [0.05, 0.1) is 6.21 Å². The van der Waals surface area contributed by atoms with Crippen molar-refractivity contribution < 1.29 is 4.84 Å². The quantitative estimate of drug-likeness (QED) is 0.450. The van der Waals surface area contributed by atoms with Gasteiger partial charge in [0.1, 0.15) is 6.61 Å². The van der Waals surface area contributed by atoms with Gasteiger partial charge in [-0.25, -0.2) is 0 Å². The van der Waals surface area contributed by atoms with Crippen molar-refractivity contribution in [2.75, 3.05) is 0 Å². The second-order valence-electron chi connectivity index (χ2n) is 6.18. The van der Waals surface area contributed by atoms with Crippen LogP contribution in [0.5, 0.6) is 0 Å². The summed E-state index contributed by atoms with van der Waals surface area (Å²) in [5, 5.41) is 4.13. The van der Waals surface area contributed by atoms with Crippen LogP contribution in [0.2, 0.25) is 0 Å². The van der Waals surface area contributed by atoms with Crippen molar-refractivity contribution in [2.24, 2.45) is 5.16 Å². The highest BCUT2D eigenvalue weighted by molar-refractivity contribution is 5.81. The Bertz CT molecular complexity index is 846. The highest BCUT2D eigenvalue weighted by atomic mass is 16.6. The van der Waals surface area contributed by atoms with Crippen LogP contribution in [0.15, 0.2) is 65.8 Å². The Labute approximate surface area is 149 Å². The predicted molar refractivity (Wildman–Crippen MR) is 103 cm³/mol. The first-order chi connectivity index (χ1) is 12.2. The van der Waals surface area contributed by atoms with Gasteiger partial charge in [0.15, 0.2) is 0 Å². The topological polar surface area (TPSA) is 26.5 Å². The van der Waals surface area contributed by atoms with Crippen LogP contribution < -0.4 is 0 Å². The smallest absolute Gasteiger partial charge is 0.142 e. The molecule has 3 rings (SSSR count). The molecule has 0 aliphatic carbocycles. The number of hydrogen-bond acceptors (Lipinski definition) is 2. The van der Waals surface area contributed by atoms with Crippen molar-refractivity contribution in [3.05, 3.63) is 88.7 Å². The van der Waals surface area contributed by atoms with Crippen LogP contribution in [0.25, 0.3) is 5.69 Å². The van der Waals surface area contributed by atoms with Gasteiger partial charge < -0.3 is 9.40 Å². The van der Waals surface area contributed by atoms with E-state index in [1.807, 2.05) is 30.3 Å². The fourth-order valence-electron chi connectivity index (χ4n) is 2.98. The van der Waals surface area contributed by atoms with Gasteiger partial charge in [0, 0.05) is 22.6 Å². The first-order valence-electron chi connectivity index (χ1n) is 8.66. The fourth-order valence-corrected chi connectivity index (χ4v) is 2.98. The molecule has 1 aromatic heterocycles. The molecule has 1 heterocycles. The Morgan fingerprint density at radius 2 is 1.68 bits per heavy atom. The number of hydrogen-bond donors (Lipinski definition) is 0. The molecule has 3 heteroatoms. The second kappa shape index (κ2) is 7.84. The van der Waals surface area contributed by atoms with E-state index in [2.05, 4.69) is 60.8 Å². The molecule has 25 heavy (non-hydrogen) atoms. The summed E-state index contributed by atoms with van der Waals surface area (Å²) in [5.74, 6) is 0. The fraction of sp³-hybridized carbons (Fsp3) is 0.227. The molecule has 0 amide bonds. The van der Waals surface area contributed by atoms with Gasteiger partial charge >= 0.3 is 0 Å². The van der Waals surface area contributed by atoms with Crippen LogP contribution >= 0.6 is 0 Å². The molecule has 0 saturated heterocycles.